The Hall–Kier alpha value is -8.00. The van der Waals surface area contributed by atoms with Crippen molar-refractivity contribution in [3.8, 4) is 33.4 Å². The molecule has 1 nitrogen and oxygen atoms in total. The second-order valence-corrected chi connectivity index (χ2v) is 16.7. The molecule has 0 aliphatic heterocycles. The minimum atomic E-state index is 0.899. The maximum Gasteiger partial charge on any atom is 0.143 e. The lowest BCUT2D eigenvalue weighted by atomic mass is 9.86. The molecule has 0 saturated heterocycles. The first kappa shape index (κ1) is 32.9. The molecule has 1 aromatic heterocycles. The van der Waals surface area contributed by atoms with E-state index in [9.17, 15) is 0 Å². The van der Waals surface area contributed by atoms with Crippen molar-refractivity contribution >= 4 is 108 Å². The van der Waals surface area contributed by atoms with E-state index in [4.69, 9.17) is 4.42 Å². The molecule has 0 aliphatic carbocycles. The van der Waals surface area contributed by atoms with Crippen molar-refractivity contribution in [2.24, 2.45) is 0 Å². The topological polar surface area (TPSA) is 13.1 Å². The molecule has 0 atom stereocenters. The van der Waals surface area contributed by atoms with Crippen LogP contribution in [0.5, 0.6) is 0 Å². The van der Waals surface area contributed by atoms with Crippen LogP contribution in [0, 0.1) is 0 Å². The molecule has 0 spiro atoms. The van der Waals surface area contributed by atoms with E-state index in [0.29, 0.717) is 0 Å². The average Bonchev–Trinajstić information content (AvgIpc) is 3.70. The summed E-state index contributed by atoms with van der Waals surface area (Å²) in [5.74, 6) is 0. The second kappa shape index (κ2) is 12.3. The van der Waals surface area contributed by atoms with E-state index < -0.39 is 0 Å². The summed E-state index contributed by atoms with van der Waals surface area (Å²) >= 11 is 0. The molecule has 0 bridgehead atoms. The molecule has 0 N–H and O–H groups in total. The third-order valence-corrected chi connectivity index (χ3v) is 13.6. The molecule has 0 amide bonds. The maximum absolute atomic E-state index is 7.14. The molecule has 280 valence electrons. The minimum absolute atomic E-state index is 0.899. The Bertz CT molecular complexity index is 4150. The van der Waals surface area contributed by atoms with E-state index >= 15 is 0 Å². The highest BCUT2D eigenvalue weighted by Gasteiger charge is 2.22. The molecule has 14 rings (SSSR count). The highest BCUT2D eigenvalue weighted by atomic mass is 16.3. The van der Waals surface area contributed by atoms with Crippen molar-refractivity contribution in [1.82, 2.24) is 0 Å². The van der Waals surface area contributed by atoms with Gasteiger partial charge in [-0.15, -0.1) is 0 Å². The number of furan rings is 1. The number of fused-ring (bicyclic) bond motifs is 10. The zero-order valence-electron chi connectivity index (χ0n) is 33.0. The Morgan fingerprint density at radius 1 is 0.213 bits per heavy atom. The third-order valence-electron chi connectivity index (χ3n) is 13.6. The van der Waals surface area contributed by atoms with Gasteiger partial charge in [-0.1, -0.05) is 182 Å². The lowest BCUT2D eigenvalue weighted by Crippen LogP contribution is -1.91. The van der Waals surface area contributed by atoms with Gasteiger partial charge in [-0.25, -0.2) is 0 Å². The van der Waals surface area contributed by atoms with Crippen LogP contribution in [-0.4, -0.2) is 0 Å². The van der Waals surface area contributed by atoms with E-state index in [1.807, 2.05) is 0 Å². The van der Waals surface area contributed by atoms with Gasteiger partial charge in [0.1, 0.15) is 11.2 Å². The highest BCUT2D eigenvalue weighted by Crippen LogP contribution is 2.49. The summed E-state index contributed by atoms with van der Waals surface area (Å²) < 4.78 is 7.14. The molecule has 0 aliphatic rings. The quantitative estimate of drug-likeness (QED) is 0.163. The van der Waals surface area contributed by atoms with Crippen molar-refractivity contribution in [3.63, 3.8) is 0 Å². The van der Waals surface area contributed by atoms with Crippen LogP contribution >= 0.6 is 0 Å². The fourth-order valence-corrected chi connectivity index (χ4v) is 10.8. The minimum Gasteiger partial charge on any atom is -0.455 e. The summed E-state index contributed by atoms with van der Waals surface area (Å²) in [7, 11) is 0. The van der Waals surface area contributed by atoms with Gasteiger partial charge in [0.25, 0.3) is 0 Å². The molecular formula is C60H34O. The molecule has 1 heteroatoms. The molecule has 13 aromatic carbocycles. The van der Waals surface area contributed by atoms with Crippen LogP contribution in [0.3, 0.4) is 0 Å². The van der Waals surface area contributed by atoms with E-state index in [1.165, 1.54) is 108 Å². The van der Waals surface area contributed by atoms with Crippen LogP contribution in [0.4, 0.5) is 0 Å². The largest absolute Gasteiger partial charge is 0.455 e. The highest BCUT2D eigenvalue weighted by molar-refractivity contribution is 6.29. The summed E-state index contributed by atoms with van der Waals surface area (Å²) in [4.78, 5) is 0. The SMILES string of the molecule is c1ccc2cc3c(cc2c1)oc1c(-c2ccc(-c4cc5ccc6ccccc6c5c5ccccc45)c4ccccc24)ccc(-c2ccc4ccc5cccc6ccc2c4c56)c13. The van der Waals surface area contributed by atoms with Gasteiger partial charge in [0.15, 0.2) is 0 Å². The molecule has 61 heavy (non-hydrogen) atoms. The third kappa shape index (κ3) is 4.61. The molecular weight excluding hydrogens is 737 g/mol. The van der Waals surface area contributed by atoms with Gasteiger partial charge >= 0.3 is 0 Å². The average molecular weight is 771 g/mol. The number of hydrogen-bond acceptors (Lipinski definition) is 1. The fourth-order valence-electron chi connectivity index (χ4n) is 10.8. The van der Waals surface area contributed by atoms with Crippen LogP contribution in [0.25, 0.3) is 141 Å². The van der Waals surface area contributed by atoms with Crippen molar-refractivity contribution in [3.05, 3.63) is 206 Å². The first-order valence-corrected chi connectivity index (χ1v) is 21.2. The summed E-state index contributed by atoms with van der Waals surface area (Å²) in [6.45, 7) is 0. The number of hydrogen-bond donors (Lipinski definition) is 0. The fraction of sp³-hybridized carbons (Fsp3) is 0. The van der Waals surface area contributed by atoms with Crippen molar-refractivity contribution < 1.29 is 4.42 Å². The summed E-state index contributed by atoms with van der Waals surface area (Å²) in [6.07, 6.45) is 0. The molecule has 0 radical (unpaired) electrons. The van der Waals surface area contributed by atoms with E-state index in [0.717, 1.165) is 33.1 Å². The summed E-state index contributed by atoms with van der Waals surface area (Å²) in [5.41, 5.74) is 8.93. The van der Waals surface area contributed by atoms with E-state index in [2.05, 4.69) is 206 Å². The summed E-state index contributed by atoms with van der Waals surface area (Å²) in [5, 5.41) is 22.4. The molecule has 0 fully saturated rings. The Labute approximate surface area is 350 Å². The molecule has 0 saturated carbocycles. The number of benzene rings is 13. The van der Waals surface area contributed by atoms with E-state index in [-0.39, 0.29) is 0 Å². The van der Waals surface area contributed by atoms with Gasteiger partial charge in [-0.05, 0) is 138 Å². The van der Waals surface area contributed by atoms with Gasteiger partial charge in [-0.3, -0.25) is 0 Å². The van der Waals surface area contributed by atoms with Crippen LogP contribution < -0.4 is 0 Å². The van der Waals surface area contributed by atoms with Crippen molar-refractivity contribution in [2.75, 3.05) is 0 Å². The van der Waals surface area contributed by atoms with Crippen LogP contribution in [0.2, 0.25) is 0 Å². The van der Waals surface area contributed by atoms with Gasteiger partial charge < -0.3 is 4.42 Å². The van der Waals surface area contributed by atoms with Crippen LogP contribution in [-0.2, 0) is 0 Å². The Morgan fingerprint density at radius 2 is 0.705 bits per heavy atom. The van der Waals surface area contributed by atoms with Gasteiger partial charge in [0.05, 0.1) is 0 Å². The van der Waals surface area contributed by atoms with E-state index in [1.54, 1.807) is 0 Å². The van der Waals surface area contributed by atoms with Crippen molar-refractivity contribution in [2.45, 2.75) is 0 Å². The predicted octanol–water partition coefficient (Wildman–Crippen LogP) is 17.3. The lowest BCUT2D eigenvalue weighted by Gasteiger charge is -2.17. The smallest absolute Gasteiger partial charge is 0.143 e. The van der Waals surface area contributed by atoms with Crippen molar-refractivity contribution in [1.29, 1.82) is 0 Å². The normalized spacial score (nSPS) is 12.3. The standard InChI is InChI=1S/C60H34O/c1-2-12-40-34-55-54(32-39(40)11-1)59-51(48-26-24-38-22-21-36-13-9-14-37-25-27-50(48)58(38)56(36)37)30-31-52(60(59)61-55)46-28-29-47(44-17-6-5-16-43(44)46)53-33-41-23-20-35-10-3-4-15-42(35)57(41)49-19-8-7-18-45(49)53/h1-34H. The monoisotopic (exact) mass is 770 g/mol. The Kier molecular flexibility index (Phi) is 6.62. The number of rotatable bonds is 3. The van der Waals surface area contributed by atoms with Crippen LogP contribution in [0.1, 0.15) is 0 Å². The first-order valence-electron chi connectivity index (χ1n) is 21.2. The zero-order valence-corrected chi connectivity index (χ0v) is 33.0. The Morgan fingerprint density at radius 3 is 1.48 bits per heavy atom. The second-order valence-electron chi connectivity index (χ2n) is 16.7. The Balaban J connectivity index is 1.05. The zero-order chi connectivity index (χ0) is 39.8. The maximum atomic E-state index is 7.14. The molecule has 14 aromatic rings. The predicted molar refractivity (Wildman–Crippen MR) is 261 cm³/mol. The molecule has 1 heterocycles. The summed E-state index contributed by atoms with van der Waals surface area (Å²) in [6, 6.07) is 76.3. The lowest BCUT2D eigenvalue weighted by molar-refractivity contribution is 0.670. The van der Waals surface area contributed by atoms with Gasteiger partial charge in [0.2, 0.25) is 0 Å². The van der Waals surface area contributed by atoms with Gasteiger partial charge in [-0.2, -0.15) is 0 Å². The van der Waals surface area contributed by atoms with Crippen LogP contribution in [0.15, 0.2) is 211 Å². The van der Waals surface area contributed by atoms with Gasteiger partial charge in [0, 0.05) is 16.3 Å². The molecule has 0 unspecified atom stereocenters. The first-order chi connectivity index (χ1) is 30.2.